The number of nitrogens with zero attached hydrogens (tertiary/aromatic N) is 2. The number of urea groups is 1. The summed E-state index contributed by atoms with van der Waals surface area (Å²) in [6.45, 7) is 2.96. The van der Waals surface area contributed by atoms with Crippen LogP contribution in [0.3, 0.4) is 0 Å². The summed E-state index contributed by atoms with van der Waals surface area (Å²) < 4.78 is 0. The van der Waals surface area contributed by atoms with Gasteiger partial charge in [0.2, 0.25) is 0 Å². The Labute approximate surface area is 114 Å². The molecule has 1 saturated carbocycles. The molecule has 5 nitrogen and oxygen atoms in total. The molecule has 0 bridgehead atoms. The van der Waals surface area contributed by atoms with Gasteiger partial charge >= 0.3 is 12.0 Å². The highest BCUT2D eigenvalue weighted by Gasteiger charge is 2.46. The van der Waals surface area contributed by atoms with Gasteiger partial charge in [-0.15, -0.1) is 0 Å². The van der Waals surface area contributed by atoms with E-state index in [9.17, 15) is 14.7 Å². The molecule has 1 N–H and O–H groups in total. The molecule has 19 heavy (non-hydrogen) atoms. The van der Waals surface area contributed by atoms with Crippen molar-refractivity contribution in [1.29, 1.82) is 0 Å². The molecule has 1 aliphatic heterocycles. The Bertz CT molecular complexity index is 366. The molecule has 2 amide bonds. The first-order chi connectivity index (χ1) is 8.95. The topological polar surface area (TPSA) is 60.9 Å². The van der Waals surface area contributed by atoms with Gasteiger partial charge in [0.05, 0.1) is 0 Å². The highest BCUT2D eigenvalue weighted by atomic mass is 16.4. The first-order valence-electron chi connectivity index (χ1n) is 7.21. The minimum absolute atomic E-state index is 0.130. The van der Waals surface area contributed by atoms with Crippen LogP contribution in [-0.2, 0) is 4.79 Å². The predicted molar refractivity (Wildman–Crippen MR) is 72.0 cm³/mol. The first kappa shape index (κ1) is 14.2. The molecule has 0 spiro atoms. The normalized spacial score (nSPS) is 27.8. The number of hydrogen-bond donors (Lipinski definition) is 1. The number of likely N-dealkylation sites (tertiary alicyclic amines) is 1. The monoisotopic (exact) mass is 268 g/mol. The van der Waals surface area contributed by atoms with E-state index in [0.717, 1.165) is 13.0 Å². The maximum atomic E-state index is 12.4. The minimum Gasteiger partial charge on any atom is -0.480 e. The van der Waals surface area contributed by atoms with Crippen molar-refractivity contribution in [2.45, 2.75) is 51.0 Å². The van der Waals surface area contributed by atoms with Crippen LogP contribution in [0.4, 0.5) is 4.79 Å². The SMILES string of the molecule is CN(CC1CCCC1)C(=O)N1CCCC1(C)C(=O)O. The second-order valence-corrected chi connectivity index (χ2v) is 6.15. The van der Waals surface area contributed by atoms with Crippen molar-refractivity contribution in [2.75, 3.05) is 20.1 Å². The van der Waals surface area contributed by atoms with Gasteiger partial charge in [0.25, 0.3) is 0 Å². The standard InChI is InChI=1S/C14H24N2O3/c1-14(12(17)18)8-5-9-16(14)13(19)15(2)10-11-6-3-4-7-11/h11H,3-10H2,1-2H3,(H,17,18). The third kappa shape index (κ3) is 2.69. The fourth-order valence-corrected chi connectivity index (χ4v) is 3.36. The molecule has 0 aromatic heterocycles. The Kier molecular flexibility index (Phi) is 4.02. The maximum absolute atomic E-state index is 12.4. The molecule has 2 rings (SSSR count). The highest BCUT2D eigenvalue weighted by Crippen LogP contribution is 2.31. The Morgan fingerprint density at radius 3 is 2.53 bits per heavy atom. The molecule has 1 saturated heterocycles. The van der Waals surface area contributed by atoms with Gasteiger partial charge in [0.1, 0.15) is 5.54 Å². The van der Waals surface area contributed by atoms with Crippen molar-refractivity contribution in [2.24, 2.45) is 5.92 Å². The Morgan fingerprint density at radius 2 is 1.95 bits per heavy atom. The minimum atomic E-state index is -1.03. The van der Waals surface area contributed by atoms with Gasteiger partial charge in [0, 0.05) is 20.1 Å². The molecule has 1 atom stereocenters. The van der Waals surface area contributed by atoms with E-state index < -0.39 is 11.5 Å². The summed E-state index contributed by atoms with van der Waals surface area (Å²) in [7, 11) is 1.79. The molecular formula is C14H24N2O3. The van der Waals surface area contributed by atoms with Crippen molar-refractivity contribution < 1.29 is 14.7 Å². The number of carbonyl (C=O) groups is 2. The van der Waals surface area contributed by atoms with Crippen molar-refractivity contribution in [1.82, 2.24) is 9.80 Å². The summed E-state index contributed by atoms with van der Waals surface area (Å²) in [5.41, 5.74) is -1.03. The Hall–Kier alpha value is -1.26. The number of carboxylic acids is 1. The van der Waals surface area contributed by atoms with Crippen molar-refractivity contribution in [3.8, 4) is 0 Å². The van der Waals surface area contributed by atoms with E-state index in [0.29, 0.717) is 18.9 Å². The number of carbonyl (C=O) groups excluding carboxylic acids is 1. The van der Waals surface area contributed by atoms with Gasteiger partial charge in [-0.25, -0.2) is 9.59 Å². The van der Waals surface area contributed by atoms with E-state index in [1.165, 1.54) is 30.6 Å². The van der Waals surface area contributed by atoms with Crippen molar-refractivity contribution in [3.63, 3.8) is 0 Å². The van der Waals surface area contributed by atoms with Crippen LogP contribution in [0, 0.1) is 5.92 Å². The number of hydrogen-bond acceptors (Lipinski definition) is 2. The fourth-order valence-electron chi connectivity index (χ4n) is 3.36. The number of aliphatic carboxylic acids is 1. The van der Waals surface area contributed by atoms with Gasteiger partial charge in [-0.05, 0) is 38.5 Å². The lowest BCUT2D eigenvalue weighted by Crippen LogP contribution is -2.54. The molecule has 0 radical (unpaired) electrons. The zero-order chi connectivity index (χ0) is 14.0. The van der Waals surface area contributed by atoms with Crippen LogP contribution in [0.1, 0.15) is 45.4 Å². The third-order valence-electron chi connectivity index (χ3n) is 4.67. The van der Waals surface area contributed by atoms with E-state index in [4.69, 9.17) is 0 Å². The average molecular weight is 268 g/mol. The van der Waals surface area contributed by atoms with E-state index in [2.05, 4.69) is 0 Å². The summed E-state index contributed by atoms with van der Waals surface area (Å²) in [4.78, 5) is 27.1. The largest absolute Gasteiger partial charge is 0.480 e. The number of carboxylic acid groups (broad SMARTS) is 1. The lowest BCUT2D eigenvalue weighted by atomic mass is 9.99. The molecule has 0 aromatic rings. The van der Waals surface area contributed by atoms with E-state index in [1.54, 1.807) is 18.9 Å². The first-order valence-corrected chi connectivity index (χ1v) is 7.21. The molecule has 5 heteroatoms. The second-order valence-electron chi connectivity index (χ2n) is 6.15. The summed E-state index contributed by atoms with van der Waals surface area (Å²) >= 11 is 0. The van der Waals surface area contributed by atoms with Gasteiger partial charge < -0.3 is 14.9 Å². The number of amides is 2. The molecule has 1 aliphatic carbocycles. The second kappa shape index (κ2) is 5.39. The molecule has 1 unspecified atom stereocenters. The quantitative estimate of drug-likeness (QED) is 0.853. The molecule has 1 heterocycles. The number of rotatable bonds is 3. The van der Waals surface area contributed by atoms with Gasteiger partial charge in [-0.3, -0.25) is 0 Å². The van der Waals surface area contributed by atoms with Crippen LogP contribution in [-0.4, -0.2) is 52.6 Å². The van der Waals surface area contributed by atoms with Gasteiger partial charge in [-0.1, -0.05) is 12.8 Å². The molecule has 2 fully saturated rings. The molecule has 108 valence electrons. The van der Waals surface area contributed by atoms with Crippen LogP contribution < -0.4 is 0 Å². The fraction of sp³-hybridized carbons (Fsp3) is 0.857. The Balaban J connectivity index is 1.99. The summed E-state index contributed by atoms with van der Waals surface area (Å²) in [5, 5.41) is 9.35. The van der Waals surface area contributed by atoms with Crippen LogP contribution in [0.5, 0.6) is 0 Å². The maximum Gasteiger partial charge on any atom is 0.329 e. The average Bonchev–Trinajstić information content (AvgIpc) is 2.98. The molecular weight excluding hydrogens is 244 g/mol. The Morgan fingerprint density at radius 1 is 1.32 bits per heavy atom. The summed E-state index contributed by atoms with van der Waals surface area (Å²) in [6, 6.07) is -0.130. The van der Waals surface area contributed by atoms with Crippen LogP contribution in [0.2, 0.25) is 0 Å². The highest BCUT2D eigenvalue weighted by molar-refractivity contribution is 5.86. The zero-order valence-electron chi connectivity index (χ0n) is 11.9. The lowest BCUT2D eigenvalue weighted by Gasteiger charge is -2.35. The van der Waals surface area contributed by atoms with Crippen LogP contribution >= 0.6 is 0 Å². The smallest absolute Gasteiger partial charge is 0.329 e. The van der Waals surface area contributed by atoms with E-state index >= 15 is 0 Å². The van der Waals surface area contributed by atoms with Crippen LogP contribution in [0.25, 0.3) is 0 Å². The van der Waals surface area contributed by atoms with Gasteiger partial charge in [0.15, 0.2) is 0 Å². The molecule has 2 aliphatic rings. The zero-order valence-corrected chi connectivity index (χ0v) is 11.9. The summed E-state index contributed by atoms with van der Waals surface area (Å²) in [6.07, 6.45) is 6.20. The lowest BCUT2D eigenvalue weighted by molar-refractivity contribution is -0.147. The van der Waals surface area contributed by atoms with E-state index in [-0.39, 0.29) is 6.03 Å². The van der Waals surface area contributed by atoms with Crippen LogP contribution in [0.15, 0.2) is 0 Å². The van der Waals surface area contributed by atoms with E-state index in [1.807, 2.05) is 0 Å². The van der Waals surface area contributed by atoms with Crippen molar-refractivity contribution >= 4 is 12.0 Å². The third-order valence-corrected chi connectivity index (χ3v) is 4.67. The summed E-state index contributed by atoms with van der Waals surface area (Å²) in [5.74, 6) is -0.305. The molecule has 0 aromatic carbocycles. The predicted octanol–water partition coefficient (Wildman–Crippen LogP) is 2.17. The van der Waals surface area contributed by atoms with Crippen molar-refractivity contribution in [3.05, 3.63) is 0 Å². The van der Waals surface area contributed by atoms with Gasteiger partial charge in [-0.2, -0.15) is 0 Å².